The molecule has 1 fully saturated rings. The molecule has 0 unspecified atom stereocenters. The summed E-state index contributed by atoms with van der Waals surface area (Å²) in [6, 6.07) is 0. The van der Waals surface area contributed by atoms with Gasteiger partial charge >= 0.3 is 0 Å². The minimum atomic E-state index is 0.124. The molecule has 0 bridgehead atoms. The maximum atomic E-state index is 11.2. The van der Waals surface area contributed by atoms with Gasteiger partial charge in [-0.15, -0.1) is 0 Å². The van der Waals surface area contributed by atoms with E-state index in [4.69, 9.17) is 0 Å². The first kappa shape index (κ1) is 12.2. The molecule has 1 aliphatic rings. The summed E-state index contributed by atoms with van der Waals surface area (Å²) in [5.41, 5.74) is 0. The molecule has 1 heterocycles. The van der Waals surface area contributed by atoms with Gasteiger partial charge in [-0.25, -0.2) is 0 Å². The number of hydrogen-bond acceptors (Lipinski definition) is 3. The highest BCUT2D eigenvalue weighted by molar-refractivity contribution is 5.78. The molecule has 1 aliphatic heterocycles. The zero-order valence-electron chi connectivity index (χ0n) is 9.42. The lowest BCUT2D eigenvalue weighted by Crippen LogP contribution is -2.33. The van der Waals surface area contributed by atoms with Crippen LogP contribution in [0.15, 0.2) is 0 Å². The molecule has 1 amide bonds. The first-order valence-corrected chi connectivity index (χ1v) is 5.67. The van der Waals surface area contributed by atoms with Gasteiger partial charge in [0.15, 0.2) is 0 Å². The van der Waals surface area contributed by atoms with E-state index in [1.165, 1.54) is 0 Å². The second kappa shape index (κ2) is 6.56. The van der Waals surface area contributed by atoms with E-state index in [1.807, 2.05) is 0 Å². The van der Waals surface area contributed by atoms with Gasteiger partial charge in [0.25, 0.3) is 0 Å². The molecule has 86 valence electrons. The van der Waals surface area contributed by atoms with Crippen LogP contribution in [0.5, 0.6) is 0 Å². The van der Waals surface area contributed by atoms with Gasteiger partial charge < -0.3 is 10.1 Å². The Balaban J connectivity index is 2.13. The fraction of sp³-hybridized carbons (Fsp3) is 0.818. The van der Waals surface area contributed by atoms with Crippen molar-refractivity contribution in [2.75, 3.05) is 26.2 Å². The Morgan fingerprint density at radius 3 is 3.00 bits per heavy atom. The summed E-state index contributed by atoms with van der Waals surface area (Å²) in [6.45, 7) is 4.85. The highest BCUT2D eigenvalue weighted by atomic mass is 16.2. The Bertz CT molecular complexity index is 229. The largest absolute Gasteiger partial charge is 0.355 e. The van der Waals surface area contributed by atoms with E-state index in [-0.39, 0.29) is 11.7 Å². The van der Waals surface area contributed by atoms with Crippen molar-refractivity contribution in [3.05, 3.63) is 0 Å². The molecule has 0 aromatic heterocycles. The van der Waals surface area contributed by atoms with Crippen molar-refractivity contribution >= 4 is 11.7 Å². The van der Waals surface area contributed by atoms with E-state index < -0.39 is 0 Å². The Labute approximate surface area is 91.0 Å². The van der Waals surface area contributed by atoms with E-state index in [0.29, 0.717) is 13.0 Å². The number of unbranched alkanes of at least 4 members (excludes halogenated alkanes) is 1. The average molecular weight is 212 g/mol. The quantitative estimate of drug-likeness (QED) is 0.678. The van der Waals surface area contributed by atoms with E-state index in [2.05, 4.69) is 10.2 Å². The summed E-state index contributed by atoms with van der Waals surface area (Å²) in [4.78, 5) is 24.1. The zero-order valence-corrected chi connectivity index (χ0v) is 9.42. The molecule has 0 atom stereocenters. The molecule has 4 heteroatoms. The van der Waals surface area contributed by atoms with Crippen molar-refractivity contribution in [2.24, 2.45) is 0 Å². The van der Waals surface area contributed by atoms with E-state index in [1.54, 1.807) is 6.92 Å². The maximum Gasteiger partial charge on any atom is 0.234 e. The van der Waals surface area contributed by atoms with Gasteiger partial charge in [0, 0.05) is 19.5 Å². The molecule has 15 heavy (non-hydrogen) atoms. The van der Waals surface area contributed by atoms with Gasteiger partial charge in [0.2, 0.25) is 5.91 Å². The fourth-order valence-corrected chi connectivity index (χ4v) is 1.77. The molecule has 1 saturated heterocycles. The number of nitrogens with one attached hydrogen (secondary N) is 1. The summed E-state index contributed by atoms with van der Waals surface area (Å²) in [7, 11) is 0. The predicted octanol–water partition coefficient (Wildman–Crippen LogP) is 0.568. The Morgan fingerprint density at radius 1 is 1.47 bits per heavy atom. The lowest BCUT2D eigenvalue weighted by molar-refractivity contribution is -0.121. The number of amides is 1. The van der Waals surface area contributed by atoms with Crippen LogP contribution < -0.4 is 5.32 Å². The van der Waals surface area contributed by atoms with Crippen LogP contribution in [0.25, 0.3) is 0 Å². The highest BCUT2D eigenvalue weighted by Gasteiger charge is 2.13. The zero-order chi connectivity index (χ0) is 11.1. The third-order valence-corrected chi connectivity index (χ3v) is 2.59. The highest BCUT2D eigenvalue weighted by Crippen LogP contribution is 2.02. The Hall–Kier alpha value is -0.900. The number of ketones is 1. The molecule has 1 N–H and O–H groups in total. The number of nitrogens with zero attached hydrogens (tertiary/aromatic N) is 1. The van der Waals surface area contributed by atoms with Crippen LogP contribution >= 0.6 is 0 Å². The van der Waals surface area contributed by atoms with Crippen LogP contribution in [-0.2, 0) is 9.59 Å². The molecular formula is C11H20N2O2. The smallest absolute Gasteiger partial charge is 0.234 e. The van der Waals surface area contributed by atoms with Gasteiger partial charge in [-0.1, -0.05) is 0 Å². The minimum Gasteiger partial charge on any atom is -0.355 e. The van der Waals surface area contributed by atoms with Gasteiger partial charge in [-0.3, -0.25) is 9.69 Å². The monoisotopic (exact) mass is 212 g/mol. The van der Waals surface area contributed by atoms with Crippen LogP contribution in [0.2, 0.25) is 0 Å². The van der Waals surface area contributed by atoms with Crippen LogP contribution in [0, 0.1) is 0 Å². The lowest BCUT2D eigenvalue weighted by atomic mass is 10.2. The van der Waals surface area contributed by atoms with Crippen LogP contribution in [-0.4, -0.2) is 42.8 Å². The normalized spacial score (nSPS) is 18.3. The number of Topliss-reactive ketones (excluding diaryl/α,β-unsaturated/α-hetero) is 1. The van der Waals surface area contributed by atoms with Crippen LogP contribution in [0.1, 0.15) is 32.6 Å². The van der Waals surface area contributed by atoms with Gasteiger partial charge in [0.1, 0.15) is 5.78 Å². The predicted molar refractivity (Wildman–Crippen MR) is 58.6 cm³/mol. The topological polar surface area (TPSA) is 49.4 Å². The van der Waals surface area contributed by atoms with Crippen molar-refractivity contribution in [1.82, 2.24) is 10.2 Å². The van der Waals surface area contributed by atoms with E-state index in [0.717, 1.165) is 38.9 Å². The van der Waals surface area contributed by atoms with Crippen LogP contribution in [0.4, 0.5) is 0 Å². The standard InChI is InChI=1S/C11H20N2O2/c1-10(14)5-2-3-7-13-8-4-6-12-11(15)9-13/h2-9H2,1H3,(H,12,15). The van der Waals surface area contributed by atoms with Gasteiger partial charge in [0.05, 0.1) is 6.54 Å². The van der Waals surface area contributed by atoms with Crippen molar-refractivity contribution in [2.45, 2.75) is 32.6 Å². The molecule has 0 aromatic rings. The van der Waals surface area contributed by atoms with Crippen molar-refractivity contribution in [3.8, 4) is 0 Å². The second-order valence-corrected chi connectivity index (χ2v) is 4.14. The van der Waals surface area contributed by atoms with Crippen molar-refractivity contribution < 1.29 is 9.59 Å². The molecule has 1 rings (SSSR count). The third kappa shape index (κ3) is 5.52. The molecule has 0 radical (unpaired) electrons. The Kier molecular flexibility index (Phi) is 5.32. The second-order valence-electron chi connectivity index (χ2n) is 4.14. The van der Waals surface area contributed by atoms with E-state index in [9.17, 15) is 9.59 Å². The third-order valence-electron chi connectivity index (χ3n) is 2.59. The van der Waals surface area contributed by atoms with E-state index >= 15 is 0 Å². The number of rotatable bonds is 5. The molecular weight excluding hydrogens is 192 g/mol. The summed E-state index contributed by atoms with van der Waals surface area (Å²) >= 11 is 0. The number of hydrogen-bond donors (Lipinski definition) is 1. The molecule has 0 saturated carbocycles. The van der Waals surface area contributed by atoms with Crippen LogP contribution in [0.3, 0.4) is 0 Å². The first-order valence-electron chi connectivity index (χ1n) is 5.67. The van der Waals surface area contributed by atoms with Crippen molar-refractivity contribution in [3.63, 3.8) is 0 Å². The minimum absolute atomic E-state index is 0.124. The van der Waals surface area contributed by atoms with Crippen molar-refractivity contribution in [1.29, 1.82) is 0 Å². The lowest BCUT2D eigenvalue weighted by Gasteiger charge is -2.17. The molecule has 0 spiro atoms. The fourth-order valence-electron chi connectivity index (χ4n) is 1.77. The molecule has 0 aliphatic carbocycles. The Morgan fingerprint density at radius 2 is 2.27 bits per heavy atom. The average Bonchev–Trinajstić information content (AvgIpc) is 2.37. The number of carbonyl (C=O) groups is 2. The molecule has 0 aromatic carbocycles. The summed E-state index contributed by atoms with van der Waals surface area (Å²) in [5.74, 6) is 0.377. The SMILES string of the molecule is CC(=O)CCCCN1CCCNC(=O)C1. The number of carbonyl (C=O) groups excluding carboxylic acids is 2. The van der Waals surface area contributed by atoms with Gasteiger partial charge in [-0.2, -0.15) is 0 Å². The molecule has 4 nitrogen and oxygen atoms in total. The maximum absolute atomic E-state index is 11.2. The first-order chi connectivity index (χ1) is 7.18. The summed E-state index contributed by atoms with van der Waals surface area (Å²) < 4.78 is 0. The summed E-state index contributed by atoms with van der Waals surface area (Å²) in [5, 5.41) is 2.85. The van der Waals surface area contributed by atoms with Gasteiger partial charge in [-0.05, 0) is 32.7 Å². The summed E-state index contributed by atoms with van der Waals surface area (Å²) in [6.07, 6.45) is 3.64.